The van der Waals surface area contributed by atoms with Crippen molar-refractivity contribution in [2.45, 2.75) is 12.8 Å². The summed E-state index contributed by atoms with van der Waals surface area (Å²) in [6.07, 6.45) is 1.38. The topological polar surface area (TPSA) is 58.6 Å². The van der Waals surface area contributed by atoms with Gasteiger partial charge < -0.3 is 15.0 Å². The number of carbonyl (C=O) groups excluding carboxylic acids is 2. The molecule has 5 heteroatoms. The van der Waals surface area contributed by atoms with Crippen molar-refractivity contribution in [3.8, 4) is 5.75 Å². The molecule has 1 fully saturated rings. The second-order valence-electron chi connectivity index (χ2n) is 6.15. The van der Waals surface area contributed by atoms with Crippen LogP contribution >= 0.6 is 0 Å². The van der Waals surface area contributed by atoms with Crippen LogP contribution in [0, 0.1) is 5.92 Å². The third kappa shape index (κ3) is 4.18. The number of Topliss-reactive ketones (excluding diaryl/α,β-unsaturated/α-hetero) is 1. The van der Waals surface area contributed by atoms with Gasteiger partial charge in [0.05, 0.1) is 7.11 Å². The summed E-state index contributed by atoms with van der Waals surface area (Å²) in [7, 11) is 1.60. The maximum Gasteiger partial charge on any atom is 0.321 e. The number of hydrogen-bond donors (Lipinski definition) is 1. The van der Waals surface area contributed by atoms with Crippen LogP contribution in [-0.2, 0) is 0 Å². The maximum absolute atomic E-state index is 12.6. The molecule has 3 rings (SSSR count). The van der Waals surface area contributed by atoms with Gasteiger partial charge in [-0.05, 0) is 49.2 Å². The Morgan fingerprint density at radius 2 is 1.64 bits per heavy atom. The van der Waals surface area contributed by atoms with Gasteiger partial charge in [0.15, 0.2) is 5.78 Å². The van der Waals surface area contributed by atoms with Crippen molar-refractivity contribution in [3.05, 3.63) is 60.2 Å². The Bertz CT molecular complexity index is 720. The average molecular weight is 338 g/mol. The summed E-state index contributed by atoms with van der Waals surface area (Å²) in [6, 6.07) is 16.5. The molecule has 0 aliphatic carbocycles. The van der Waals surface area contributed by atoms with Crippen LogP contribution in [0.5, 0.6) is 5.75 Å². The number of piperidine rings is 1. The number of ketones is 1. The Morgan fingerprint density at radius 3 is 2.24 bits per heavy atom. The van der Waals surface area contributed by atoms with E-state index >= 15 is 0 Å². The molecular weight excluding hydrogens is 316 g/mol. The van der Waals surface area contributed by atoms with Gasteiger partial charge in [-0.15, -0.1) is 0 Å². The summed E-state index contributed by atoms with van der Waals surface area (Å²) in [4.78, 5) is 26.7. The van der Waals surface area contributed by atoms with E-state index in [9.17, 15) is 9.59 Å². The third-order valence-corrected chi connectivity index (χ3v) is 4.55. The zero-order valence-electron chi connectivity index (χ0n) is 14.3. The summed E-state index contributed by atoms with van der Waals surface area (Å²) in [5.41, 5.74) is 1.48. The van der Waals surface area contributed by atoms with Crippen LogP contribution in [0.2, 0.25) is 0 Å². The fraction of sp³-hybridized carbons (Fsp3) is 0.300. The molecule has 0 unspecified atom stereocenters. The van der Waals surface area contributed by atoms with Crippen LogP contribution < -0.4 is 10.1 Å². The normalized spacial score (nSPS) is 14.8. The van der Waals surface area contributed by atoms with Crippen molar-refractivity contribution in [3.63, 3.8) is 0 Å². The zero-order valence-corrected chi connectivity index (χ0v) is 14.3. The highest BCUT2D eigenvalue weighted by Crippen LogP contribution is 2.23. The smallest absolute Gasteiger partial charge is 0.321 e. The summed E-state index contributed by atoms with van der Waals surface area (Å²) < 4.78 is 5.12. The number of amides is 2. The highest BCUT2D eigenvalue weighted by Gasteiger charge is 2.28. The molecule has 0 radical (unpaired) electrons. The SMILES string of the molecule is COc1ccc(C(=O)C2CCN(C(=O)Nc3ccccc3)CC2)cc1. The fourth-order valence-electron chi connectivity index (χ4n) is 3.06. The number of hydrogen-bond acceptors (Lipinski definition) is 3. The first-order valence-electron chi connectivity index (χ1n) is 8.46. The maximum atomic E-state index is 12.6. The fourth-order valence-corrected chi connectivity index (χ4v) is 3.06. The number of rotatable bonds is 4. The molecule has 5 nitrogen and oxygen atoms in total. The van der Waals surface area contributed by atoms with Gasteiger partial charge >= 0.3 is 6.03 Å². The average Bonchev–Trinajstić information content (AvgIpc) is 2.68. The van der Waals surface area contributed by atoms with E-state index < -0.39 is 0 Å². The molecule has 1 aliphatic heterocycles. The predicted molar refractivity (Wildman–Crippen MR) is 97.1 cm³/mol. The van der Waals surface area contributed by atoms with Crippen molar-refractivity contribution in [2.24, 2.45) is 5.92 Å². The van der Waals surface area contributed by atoms with Gasteiger partial charge in [0.2, 0.25) is 0 Å². The number of likely N-dealkylation sites (tertiary alicyclic amines) is 1. The molecule has 2 amide bonds. The first-order chi connectivity index (χ1) is 12.2. The molecule has 2 aromatic carbocycles. The Kier molecular flexibility index (Phi) is 5.33. The van der Waals surface area contributed by atoms with Crippen LogP contribution in [-0.4, -0.2) is 36.9 Å². The first-order valence-corrected chi connectivity index (χ1v) is 8.46. The van der Waals surface area contributed by atoms with Gasteiger partial charge in [0, 0.05) is 30.3 Å². The lowest BCUT2D eigenvalue weighted by molar-refractivity contribution is 0.0859. The molecule has 1 heterocycles. The second-order valence-corrected chi connectivity index (χ2v) is 6.15. The quantitative estimate of drug-likeness (QED) is 0.862. The highest BCUT2D eigenvalue weighted by atomic mass is 16.5. The van der Waals surface area contributed by atoms with E-state index in [4.69, 9.17) is 4.74 Å². The molecular formula is C20H22N2O3. The first kappa shape index (κ1) is 17.0. The van der Waals surface area contributed by atoms with E-state index in [2.05, 4.69) is 5.32 Å². The standard InChI is InChI=1S/C20H22N2O3/c1-25-18-9-7-15(8-10-18)19(23)16-11-13-22(14-12-16)20(24)21-17-5-3-2-4-6-17/h2-10,16H,11-14H2,1H3,(H,21,24). The number of urea groups is 1. The van der Waals surface area contributed by atoms with Gasteiger partial charge in [0.1, 0.15) is 5.75 Å². The van der Waals surface area contributed by atoms with Gasteiger partial charge in [-0.1, -0.05) is 18.2 Å². The van der Waals surface area contributed by atoms with E-state index in [1.807, 2.05) is 30.3 Å². The lowest BCUT2D eigenvalue weighted by Crippen LogP contribution is -2.42. The minimum atomic E-state index is -0.110. The molecule has 2 aromatic rings. The lowest BCUT2D eigenvalue weighted by Gasteiger charge is -2.31. The van der Waals surface area contributed by atoms with Gasteiger partial charge in [0.25, 0.3) is 0 Å². The number of benzene rings is 2. The van der Waals surface area contributed by atoms with E-state index in [1.165, 1.54) is 0 Å². The van der Waals surface area contributed by atoms with E-state index in [-0.39, 0.29) is 17.7 Å². The largest absolute Gasteiger partial charge is 0.497 e. The molecule has 0 aromatic heterocycles. The summed E-state index contributed by atoms with van der Waals surface area (Å²) in [6.45, 7) is 1.18. The molecule has 0 bridgehead atoms. The van der Waals surface area contributed by atoms with Crippen molar-refractivity contribution in [1.82, 2.24) is 4.90 Å². The number of anilines is 1. The van der Waals surface area contributed by atoms with Gasteiger partial charge in [-0.2, -0.15) is 0 Å². The minimum Gasteiger partial charge on any atom is -0.497 e. The summed E-state index contributed by atoms with van der Waals surface area (Å²) >= 11 is 0. The molecule has 1 aliphatic rings. The summed E-state index contributed by atoms with van der Waals surface area (Å²) in [5.74, 6) is 0.851. The molecule has 0 spiro atoms. The Labute approximate surface area is 147 Å². The predicted octanol–water partition coefficient (Wildman–Crippen LogP) is 3.82. The Balaban J connectivity index is 1.54. The molecule has 0 saturated carbocycles. The third-order valence-electron chi connectivity index (χ3n) is 4.55. The molecule has 25 heavy (non-hydrogen) atoms. The lowest BCUT2D eigenvalue weighted by atomic mass is 9.89. The number of ether oxygens (including phenoxy) is 1. The van der Waals surface area contributed by atoms with Crippen molar-refractivity contribution < 1.29 is 14.3 Å². The van der Waals surface area contributed by atoms with E-state index in [0.29, 0.717) is 31.5 Å². The van der Waals surface area contributed by atoms with Crippen molar-refractivity contribution in [2.75, 3.05) is 25.5 Å². The molecule has 0 atom stereocenters. The Hall–Kier alpha value is -2.82. The zero-order chi connectivity index (χ0) is 17.6. The van der Waals surface area contributed by atoms with Crippen LogP contribution in [0.15, 0.2) is 54.6 Å². The number of carbonyl (C=O) groups is 2. The van der Waals surface area contributed by atoms with E-state index in [0.717, 1.165) is 11.4 Å². The van der Waals surface area contributed by atoms with Crippen molar-refractivity contribution >= 4 is 17.5 Å². The summed E-state index contributed by atoms with van der Waals surface area (Å²) in [5, 5.41) is 2.89. The van der Waals surface area contributed by atoms with Gasteiger partial charge in [-0.25, -0.2) is 4.79 Å². The second kappa shape index (κ2) is 7.83. The van der Waals surface area contributed by atoms with Crippen LogP contribution in [0.25, 0.3) is 0 Å². The van der Waals surface area contributed by atoms with Gasteiger partial charge in [-0.3, -0.25) is 4.79 Å². The number of methoxy groups -OCH3 is 1. The minimum absolute atomic E-state index is 0.0332. The molecule has 130 valence electrons. The molecule has 1 N–H and O–H groups in total. The van der Waals surface area contributed by atoms with Crippen LogP contribution in [0.4, 0.5) is 10.5 Å². The van der Waals surface area contributed by atoms with Crippen LogP contribution in [0.1, 0.15) is 23.2 Å². The Morgan fingerprint density at radius 1 is 1.00 bits per heavy atom. The number of nitrogens with one attached hydrogen (secondary N) is 1. The number of nitrogens with zero attached hydrogens (tertiary/aromatic N) is 1. The van der Waals surface area contributed by atoms with Crippen molar-refractivity contribution in [1.29, 1.82) is 0 Å². The monoisotopic (exact) mass is 338 g/mol. The van der Waals surface area contributed by atoms with Crippen LogP contribution in [0.3, 0.4) is 0 Å². The number of para-hydroxylation sites is 1. The highest BCUT2D eigenvalue weighted by molar-refractivity contribution is 5.98. The molecule has 1 saturated heterocycles. The van der Waals surface area contributed by atoms with E-state index in [1.54, 1.807) is 36.3 Å².